The fourth-order valence-electron chi connectivity index (χ4n) is 2.68. The highest BCUT2D eigenvalue weighted by Crippen LogP contribution is 2.34. The molecule has 6 heteroatoms. The maximum Gasteiger partial charge on any atom is 0.277 e. The van der Waals surface area contributed by atoms with Crippen LogP contribution in [0.4, 0.5) is 0 Å². The monoisotopic (exact) mass is 348 g/mol. The SMILES string of the molecule is O=C(COc1ccc2c(c1)OCO2)NN=Cc1cccc2ccccc12. The summed E-state index contributed by atoms with van der Waals surface area (Å²) >= 11 is 0. The topological polar surface area (TPSA) is 69.2 Å². The number of fused-ring (bicyclic) bond motifs is 2. The van der Waals surface area contributed by atoms with E-state index in [1.807, 2.05) is 42.5 Å². The molecular formula is C20H16N2O4. The van der Waals surface area contributed by atoms with E-state index in [9.17, 15) is 4.79 Å². The molecule has 26 heavy (non-hydrogen) atoms. The van der Waals surface area contributed by atoms with Gasteiger partial charge in [-0.1, -0.05) is 42.5 Å². The zero-order valence-electron chi connectivity index (χ0n) is 13.8. The number of ether oxygens (including phenoxy) is 3. The minimum absolute atomic E-state index is 0.146. The molecule has 1 aliphatic heterocycles. The molecule has 0 aromatic heterocycles. The molecule has 0 radical (unpaired) electrons. The van der Waals surface area contributed by atoms with Gasteiger partial charge < -0.3 is 14.2 Å². The molecule has 3 aromatic rings. The third-order valence-electron chi connectivity index (χ3n) is 3.93. The zero-order valence-corrected chi connectivity index (χ0v) is 13.8. The van der Waals surface area contributed by atoms with Gasteiger partial charge in [-0.25, -0.2) is 5.43 Å². The second-order valence-corrected chi connectivity index (χ2v) is 5.67. The molecule has 1 amide bonds. The molecule has 4 rings (SSSR count). The number of nitrogens with one attached hydrogen (secondary N) is 1. The van der Waals surface area contributed by atoms with E-state index < -0.39 is 0 Å². The quantitative estimate of drug-likeness (QED) is 0.568. The predicted octanol–water partition coefficient (Wildman–Crippen LogP) is 3.10. The van der Waals surface area contributed by atoms with Crippen molar-refractivity contribution in [2.45, 2.75) is 0 Å². The number of benzene rings is 3. The molecule has 3 aromatic carbocycles. The first-order valence-corrected chi connectivity index (χ1v) is 8.12. The van der Waals surface area contributed by atoms with E-state index in [2.05, 4.69) is 10.5 Å². The number of hydrogen-bond donors (Lipinski definition) is 1. The third kappa shape index (κ3) is 3.44. The van der Waals surface area contributed by atoms with E-state index in [0.717, 1.165) is 16.3 Å². The molecule has 0 saturated heterocycles. The van der Waals surface area contributed by atoms with Crippen molar-refractivity contribution in [1.29, 1.82) is 0 Å². The summed E-state index contributed by atoms with van der Waals surface area (Å²) in [6.45, 7) is 0.0503. The van der Waals surface area contributed by atoms with Gasteiger partial charge in [-0.2, -0.15) is 5.10 Å². The fraction of sp³-hybridized carbons (Fsp3) is 0.100. The van der Waals surface area contributed by atoms with E-state index in [-0.39, 0.29) is 19.3 Å². The predicted molar refractivity (Wildman–Crippen MR) is 97.7 cm³/mol. The van der Waals surface area contributed by atoms with Crippen molar-refractivity contribution in [1.82, 2.24) is 5.43 Å². The molecule has 1 N–H and O–H groups in total. The number of carbonyl (C=O) groups is 1. The lowest BCUT2D eigenvalue weighted by atomic mass is 10.1. The Labute approximate surface area is 150 Å². The van der Waals surface area contributed by atoms with Crippen molar-refractivity contribution in [3.05, 3.63) is 66.2 Å². The third-order valence-corrected chi connectivity index (χ3v) is 3.93. The second-order valence-electron chi connectivity index (χ2n) is 5.67. The van der Waals surface area contributed by atoms with Crippen LogP contribution in [0.15, 0.2) is 65.8 Å². The molecule has 130 valence electrons. The Hall–Kier alpha value is -3.54. The summed E-state index contributed by atoms with van der Waals surface area (Å²) in [5.41, 5.74) is 3.40. The molecular weight excluding hydrogens is 332 g/mol. The van der Waals surface area contributed by atoms with Gasteiger partial charge in [0.25, 0.3) is 5.91 Å². The van der Waals surface area contributed by atoms with Crippen LogP contribution >= 0.6 is 0 Å². The number of amides is 1. The standard InChI is InChI=1S/C20H16N2O4/c23-20(12-24-16-8-9-18-19(10-16)26-13-25-18)22-21-11-15-6-3-5-14-4-1-2-7-17(14)15/h1-11H,12-13H2,(H,22,23). The van der Waals surface area contributed by atoms with Crippen molar-refractivity contribution in [3.63, 3.8) is 0 Å². The van der Waals surface area contributed by atoms with Gasteiger partial charge >= 0.3 is 0 Å². The van der Waals surface area contributed by atoms with Crippen molar-refractivity contribution in [2.24, 2.45) is 5.10 Å². The molecule has 0 spiro atoms. The Morgan fingerprint density at radius 3 is 2.88 bits per heavy atom. The van der Waals surface area contributed by atoms with Gasteiger partial charge in [0, 0.05) is 11.6 Å². The maximum atomic E-state index is 11.9. The Kier molecular flexibility index (Phi) is 4.38. The zero-order chi connectivity index (χ0) is 17.8. The molecule has 6 nitrogen and oxygen atoms in total. The highest BCUT2D eigenvalue weighted by molar-refractivity contribution is 5.99. The van der Waals surface area contributed by atoms with Gasteiger partial charge in [0.1, 0.15) is 5.75 Å². The van der Waals surface area contributed by atoms with Crippen LogP contribution in [0.3, 0.4) is 0 Å². The lowest BCUT2D eigenvalue weighted by Crippen LogP contribution is -2.24. The molecule has 1 heterocycles. The minimum Gasteiger partial charge on any atom is -0.484 e. The first-order chi connectivity index (χ1) is 12.8. The van der Waals surface area contributed by atoms with Crippen LogP contribution in [0, 0.1) is 0 Å². The van der Waals surface area contributed by atoms with Crippen molar-refractivity contribution in [2.75, 3.05) is 13.4 Å². The number of nitrogens with zero attached hydrogens (tertiary/aromatic N) is 1. The lowest BCUT2D eigenvalue weighted by molar-refractivity contribution is -0.123. The van der Waals surface area contributed by atoms with Crippen molar-refractivity contribution >= 4 is 22.9 Å². The molecule has 0 bridgehead atoms. The van der Waals surface area contributed by atoms with Crippen LogP contribution < -0.4 is 19.6 Å². The van der Waals surface area contributed by atoms with Crippen molar-refractivity contribution < 1.29 is 19.0 Å². The summed E-state index contributed by atoms with van der Waals surface area (Å²) in [5.74, 6) is 1.46. The minimum atomic E-state index is -0.348. The summed E-state index contributed by atoms with van der Waals surface area (Å²) < 4.78 is 15.9. The first-order valence-electron chi connectivity index (χ1n) is 8.12. The van der Waals surface area contributed by atoms with Gasteiger partial charge in [-0.3, -0.25) is 4.79 Å². The van der Waals surface area contributed by atoms with E-state index in [4.69, 9.17) is 14.2 Å². The van der Waals surface area contributed by atoms with Gasteiger partial charge in [0.15, 0.2) is 18.1 Å². The largest absolute Gasteiger partial charge is 0.484 e. The average Bonchev–Trinajstić information content (AvgIpc) is 3.14. The number of hydrogen-bond acceptors (Lipinski definition) is 5. The van der Waals surface area contributed by atoms with E-state index in [1.54, 1.807) is 24.4 Å². The van der Waals surface area contributed by atoms with Crippen LogP contribution in [-0.2, 0) is 4.79 Å². The molecule has 0 aliphatic carbocycles. The molecule has 0 saturated carbocycles. The Morgan fingerprint density at radius 2 is 1.92 bits per heavy atom. The summed E-state index contributed by atoms with van der Waals surface area (Å²) in [6, 6.07) is 19.1. The maximum absolute atomic E-state index is 11.9. The van der Waals surface area contributed by atoms with Gasteiger partial charge in [0.2, 0.25) is 6.79 Å². The highest BCUT2D eigenvalue weighted by atomic mass is 16.7. The van der Waals surface area contributed by atoms with Crippen LogP contribution in [-0.4, -0.2) is 25.5 Å². The molecule has 0 atom stereocenters. The van der Waals surface area contributed by atoms with Crippen molar-refractivity contribution in [3.8, 4) is 17.2 Å². The number of rotatable bonds is 5. The Bertz CT molecular complexity index is 979. The number of carbonyl (C=O) groups excluding carboxylic acids is 1. The summed E-state index contributed by atoms with van der Waals surface area (Å²) in [6.07, 6.45) is 1.63. The van der Waals surface area contributed by atoms with Crippen LogP contribution in [0.25, 0.3) is 10.8 Å². The average molecular weight is 348 g/mol. The second kappa shape index (κ2) is 7.14. The van der Waals surface area contributed by atoms with Crippen LogP contribution in [0.2, 0.25) is 0 Å². The Morgan fingerprint density at radius 1 is 1.08 bits per heavy atom. The fourth-order valence-corrected chi connectivity index (χ4v) is 2.68. The molecule has 1 aliphatic rings. The Balaban J connectivity index is 1.34. The van der Waals surface area contributed by atoms with Crippen LogP contribution in [0.5, 0.6) is 17.2 Å². The van der Waals surface area contributed by atoms with Gasteiger partial charge in [0.05, 0.1) is 6.21 Å². The van der Waals surface area contributed by atoms with Gasteiger partial charge in [-0.15, -0.1) is 0 Å². The summed E-state index contributed by atoms with van der Waals surface area (Å²) in [5, 5.41) is 6.21. The molecule has 0 fully saturated rings. The van der Waals surface area contributed by atoms with E-state index in [0.29, 0.717) is 17.2 Å². The first kappa shape index (κ1) is 16.0. The van der Waals surface area contributed by atoms with E-state index >= 15 is 0 Å². The molecule has 0 unspecified atom stereocenters. The summed E-state index contributed by atoms with van der Waals surface area (Å²) in [4.78, 5) is 11.9. The number of hydrazone groups is 1. The van der Waals surface area contributed by atoms with Crippen LogP contribution in [0.1, 0.15) is 5.56 Å². The smallest absolute Gasteiger partial charge is 0.277 e. The highest BCUT2D eigenvalue weighted by Gasteiger charge is 2.14. The normalized spacial score (nSPS) is 12.5. The van der Waals surface area contributed by atoms with E-state index in [1.165, 1.54) is 0 Å². The van der Waals surface area contributed by atoms with Gasteiger partial charge in [-0.05, 0) is 22.9 Å². The lowest BCUT2D eigenvalue weighted by Gasteiger charge is -2.06. The summed E-state index contributed by atoms with van der Waals surface area (Å²) in [7, 11) is 0.